The molecule has 118 valence electrons. The predicted octanol–water partition coefficient (Wildman–Crippen LogP) is 3.06. The normalized spacial score (nSPS) is 12.0. The van der Waals surface area contributed by atoms with Gasteiger partial charge in [-0.2, -0.15) is 0 Å². The highest BCUT2D eigenvalue weighted by atomic mass is 35.5. The van der Waals surface area contributed by atoms with Crippen LogP contribution in [0, 0.1) is 6.92 Å². The van der Waals surface area contributed by atoms with E-state index in [0.717, 1.165) is 0 Å². The molecule has 0 saturated carbocycles. The van der Waals surface area contributed by atoms with Crippen LogP contribution >= 0.6 is 23.2 Å². The Morgan fingerprint density at radius 3 is 2.82 bits per heavy atom. The smallest absolute Gasteiger partial charge is 0.287 e. The molecule has 2 rings (SSSR count). The quantitative estimate of drug-likeness (QED) is 0.845. The minimum absolute atomic E-state index is 0.0246. The van der Waals surface area contributed by atoms with Crippen LogP contribution in [0.25, 0.3) is 0 Å². The highest BCUT2D eigenvalue weighted by Gasteiger charge is 2.13. The van der Waals surface area contributed by atoms with Crippen LogP contribution in [0.4, 0.5) is 0 Å². The number of hydrogen-bond acceptors (Lipinski definition) is 4. The van der Waals surface area contributed by atoms with Crippen molar-refractivity contribution in [2.75, 3.05) is 13.2 Å². The summed E-state index contributed by atoms with van der Waals surface area (Å²) in [5.74, 6) is 0.822. The summed E-state index contributed by atoms with van der Waals surface area (Å²) >= 11 is 11.8. The van der Waals surface area contributed by atoms with Crippen LogP contribution in [-0.4, -0.2) is 30.3 Å². The number of carbonyl (C=O) groups excluding carboxylic acids is 1. The van der Waals surface area contributed by atoms with E-state index in [1.807, 2.05) is 0 Å². The zero-order chi connectivity index (χ0) is 16.1. The summed E-state index contributed by atoms with van der Waals surface area (Å²) in [7, 11) is 0. The van der Waals surface area contributed by atoms with E-state index in [2.05, 4.69) is 5.32 Å². The third-order valence-corrected chi connectivity index (χ3v) is 3.61. The Labute approximate surface area is 137 Å². The summed E-state index contributed by atoms with van der Waals surface area (Å²) in [6.45, 7) is 1.74. The van der Waals surface area contributed by atoms with Crippen molar-refractivity contribution in [1.82, 2.24) is 5.32 Å². The lowest BCUT2D eigenvalue weighted by Crippen LogP contribution is -2.35. The van der Waals surface area contributed by atoms with Crippen LogP contribution in [0.2, 0.25) is 10.0 Å². The molecule has 22 heavy (non-hydrogen) atoms. The van der Waals surface area contributed by atoms with Crippen LogP contribution in [-0.2, 0) is 0 Å². The van der Waals surface area contributed by atoms with Gasteiger partial charge in [-0.15, -0.1) is 0 Å². The number of nitrogens with one attached hydrogen (secondary N) is 1. The fourth-order valence-electron chi connectivity index (χ4n) is 1.69. The summed E-state index contributed by atoms with van der Waals surface area (Å²) in [5, 5.41) is 13.0. The first-order chi connectivity index (χ1) is 10.5. The van der Waals surface area contributed by atoms with E-state index >= 15 is 0 Å². The van der Waals surface area contributed by atoms with Gasteiger partial charge in [-0.1, -0.05) is 29.3 Å². The highest BCUT2D eigenvalue weighted by molar-refractivity contribution is 6.42. The zero-order valence-electron chi connectivity index (χ0n) is 11.8. The van der Waals surface area contributed by atoms with Gasteiger partial charge in [-0.25, -0.2) is 0 Å². The first kappa shape index (κ1) is 16.7. The topological polar surface area (TPSA) is 71.7 Å². The second-order valence-corrected chi connectivity index (χ2v) is 5.42. The number of amides is 1. The minimum atomic E-state index is -0.893. The third kappa shape index (κ3) is 4.40. The maximum Gasteiger partial charge on any atom is 0.287 e. The van der Waals surface area contributed by atoms with E-state index in [9.17, 15) is 9.90 Å². The van der Waals surface area contributed by atoms with E-state index in [4.69, 9.17) is 32.4 Å². The molecular formula is C15H15Cl2NO4. The molecule has 0 radical (unpaired) electrons. The lowest BCUT2D eigenvalue weighted by Gasteiger charge is -2.14. The number of rotatable bonds is 6. The van der Waals surface area contributed by atoms with E-state index < -0.39 is 12.0 Å². The number of aliphatic hydroxyl groups excluding tert-OH is 1. The summed E-state index contributed by atoms with van der Waals surface area (Å²) in [6, 6.07) is 8.23. The predicted molar refractivity (Wildman–Crippen MR) is 83.7 cm³/mol. The molecule has 0 aliphatic heterocycles. The Morgan fingerprint density at radius 1 is 1.36 bits per heavy atom. The average Bonchev–Trinajstić information content (AvgIpc) is 2.93. The molecule has 7 heteroatoms. The molecule has 0 aliphatic rings. The van der Waals surface area contributed by atoms with E-state index in [1.54, 1.807) is 37.3 Å². The standard InChI is InChI=1S/C15H15Cl2NO4/c1-9-5-6-13(22-9)15(20)18-7-10(19)8-21-12-4-2-3-11(16)14(12)17/h2-6,10,19H,7-8H2,1H3,(H,18,20)/t10-/m0/s1. The van der Waals surface area contributed by atoms with Gasteiger partial charge < -0.3 is 19.6 Å². The summed E-state index contributed by atoms with van der Waals surface area (Å²) in [6.07, 6.45) is -0.893. The lowest BCUT2D eigenvalue weighted by molar-refractivity contribution is 0.0821. The molecule has 1 amide bonds. The van der Waals surface area contributed by atoms with Gasteiger partial charge in [0, 0.05) is 6.54 Å². The fourth-order valence-corrected chi connectivity index (χ4v) is 2.04. The molecule has 0 bridgehead atoms. The van der Waals surface area contributed by atoms with Crippen LogP contribution in [0.3, 0.4) is 0 Å². The second kappa shape index (κ2) is 7.54. The number of aryl methyl sites for hydroxylation is 1. The zero-order valence-corrected chi connectivity index (χ0v) is 13.3. The number of hydrogen-bond donors (Lipinski definition) is 2. The third-order valence-electron chi connectivity index (χ3n) is 2.81. The first-order valence-corrected chi connectivity index (χ1v) is 7.32. The molecule has 0 fully saturated rings. The first-order valence-electron chi connectivity index (χ1n) is 6.57. The van der Waals surface area contributed by atoms with Gasteiger partial charge in [0.05, 0.1) is 5.02 Å². The number of carbonyl (C=O) groups is 1. The number of furan rings is 1. The summed E-state index contributed by atoms with van der Waals surface area (Å²) in [5.41, 5.74) is 0. The number of benzene rings is 1. The van der Waals surface area contributed by atoms with Crippen molar-refractivity contribution >= 4 is 29.1 Å². The second-order valence-electron chi connectivity index (χ2n) is 4.64. The van der Waals surface area contributed by atoms with Crippen molar-refractivity contribution in [3.05, 3.63) is 51.9 Å². The number of aliphatic hydroxyl groups is 1. The molecule has 0 aliphatic carbocycles. The van der Waals surface area contributed by atoms with Gasteiger partial charge in [0.1, 0.15) is 29.2 Å². The molecule has 1 aromatic carbocycles. The molecule has 2 N–H and O–H groups in total. The van der Waals surface area contributed by atoms with Gasteiger partial charge in [-0.05, 0) is 31.2 Å². The molecule has 0 spiro atoms. The largest absolute Gasteiger partial charge is 0.489 e. The van der Waals surface area contributed by atoms with Gasteiger partial charge in [0.25, 0.3) is 5.91 Å². The Bertz CT molecular complexity index is 657. The maximum atomic E-state index is 11.7. The molecule has 1 atom stereocenters. The van der Waals surface area contributed by atoms with Crippen molar-refractivity contribution in [3.63, 3.8) is 0 Å². The number of ether oxygens (including phenoxy) is 1. The molecule has 0 saturated heterocycles. The monoisotopic (exact) mass is 343 g/mol. The van der Waals surface area contributed by atoms with Crippen molar-refractivity contribution in [3.8, 4) is 5.75 Å². The van der Waals surface area contributed by atoms with Crippen LogP contribution < -0.4 is 10.1 Å². The number of halogens is 2. The molecule has 0 unspecified atom stereocenters. The Kier molecular flexibility index (Phi) is 5.71. The van der Waals surface area contributed by atoms with E-state index in [1.165, 1.54) is 0 Å². The summed E-state index contributed by atoms with van der Waals surface area (Å²) < 4.78 is 10.6. The molecule has 5 nitrogen and oxygen atoms in total. The fraction of sp³-hybridized carbons (Fsp3) is 0.267. The van der Waals surface area contributed by atoms with Crippen molar-refractivity contribution in [1.29, 1.82) is 0 Å². The Morgan fingerprint density at radius 2 is 2.14 bits per heavy atom. The summed E-state index contributed by atoms with van der Waals surface area (Å²) in [4.78, 5) is 11.7. The van der Waals surface area contributed by atoms with Gasteiger partial charge in [0.15, 0.2) is 5.76 Å². The van der Waals surface area contributed by atoms with Gasteiger partial charge in [-0.3, -0.25) is 4.79 Å². The maximum absolute atomic E-state index is 11.7. The van der Waals surface area contributed by atoms with Crippen molar-refractivity contribution in [2.45, 2.75) is 13.0 Å². The van der Waals surface area contributed by atoms with E-state index in [-0.39, 0.29) is 23.9 Å². The Balaban J connectivity index is 1.79. The van der Waals surface area contributed by atoms with Gasteiger partial charge >= 0.3 is 0 Å². The van der Waals surface area contributed by atoms with Crippen LogP contribution in [0.15, 0.2) is 34.7 Å². The average molecular weight is 344 g/mol. The SMILES string of the molecule is Cc1ccc(C(=O)NC[C@H](O)COc2cccc(Cl)c2Cl)o1. The van der Waals surface area contributed by atoms with Crippen LogP contribution in [0.5, 0.6) is 5.75 Å². The van der Waals surface area contributed by atoms with E-state index in [0.29, 0.717) is 16.5 Å². The molecule has 1 heterocycles. The molecule has 1 aromatic heterocycles. The van der Waals surface area contributed by atoms with Crippen molar-refractivity contribution in [2.24, 2.45) is 0 Å². The van der Waals surface area contributed by atoms with Crippen molar-refractivity contribution < 1.29 is 19.1 Å². The van der Waals surface area contributed by atoms with Gasteiger partial charge in [0.2, 0.25) is 0 Å². The lowest BCUT2D eigenvalue weighted by atomic mass is 10.3. The molecular weight excluding hydrogens is 329 g/mol. The highest BCUT2D eigenvalue weighted by Crippen LogP contribution is 2.31. The minimum Gasteiger partial charge on any atom is -0.489 e. The Hall–Kier alpha value is -1.69. The molecule has 2 aromatic rings. The van der Waals surface area contributed by atoms with Crippen LogP contribution in [0.1, 0.15) is 16.3 Å².